The van der Waals surface area contributed by atoms with Gasteiger partial charge in [0.15, 0.2) is 11.5 Å². The molecule has 2 atom stereocenters. The molecule has 1 aromatic heterocycles. The van der Waals surface area contributed by atoms with Crippen molar-refractivity contribution in [3.05, 3.63) is 11.9 Å². The third-order valence-electron chi connectivity index (χ3n) is 3.87. The number of Topliss-reactive ketones (excluding diaryl/α,β-unsaturated/α-hetero) is 1. The van der Waals surface area contributed by atoms with Gasteiger partial charge in [0.1, 0.15) is 5.69 Å². The second kappa shape index (κ2) is 6.37. The first kappa shape index (κ1) is 15.0. The zero-order valence-corrected chi connectivity index (χ0v) is 12.7. The number of methoxy groups -OCH3 is 1. The molecule has 1 aliphatic heterocycles. The van der Waals surface area contributed by atoms with Crippen molar-refractivity contribution in [1.29, 1.82) is 0 Å². The number of hydrogen-bond acceptors (Lipinski definition) is 5. The van der Waals surface area contributed by atoms with Crippen molar-refractivity contribution in [2.45, 2.75) is 13.5 Å². The van der Waals surface area contributed by atoms with Crippen LogP contribution in [0.4, 0.5) is 0 Å². The second-order valence-electron chi connectivity index (χ2n) is 5.69. The molecule has 112 valence electrons. The summed E-state index contributed by atoms with van der Waals surface area (Å²) in [5.41, 5.74) is 0.606. The van der Waals surface area contributed by atoms with Gasteiger partial charge in [-0.15, -0.1) is 0 Å². The van der Waals surface area contributed by atoms with Crippen LogP contribution >= 0.6 is 0 Å². The van der Waals surface area contributed by atoms with Crippen molar-refractivity contribution < 1.29 is 9.53 Å². The van der Waals surface area contributed by atoms with Gasteiger partial charge in [0, 0.05) is 19.0 Å². The summed E-state index contributed by atoms with van der Waals surface area (Å²) in [6.45, 7) is 5.26. The van der Waals surface area contributed by atoms with Crippen LogP contribution in [0.15, 0.2) is 6.20 Å². The number of nitrogens with zero attached hydrogens (tertiary/aromatic N) is 3. The zero-order chi connectivity index (χ0) is 14.7. The fraction of sp³-hybridized carbons (Fsp3) is 0.714. The van der Waals surface area contributed by atoms with Crippen LogP contribution in [0.2, 0.25) is 0 Å². The molecule has 6 heteroatoms. The molecule has 2 heterocycles. The topological polar surface area (TPSA) is 59.4 Å². The van der Waals surface area contributed by atoms with E-state index in [0.717, 1.165) is 19.6 Å². The number of ketones is 1. The number of likely N-dealkylation sites (N-methyl/N-ethyl adjacent to an activating group) is 1. The fourth-order valence-corrected chi connectivity index (χ4v) is 2.57. The average Bonchev–Trinajstić information content (AvgIpc) is 3.01. The van der Waals surface area contributed by atoms with E-state index in [1.165, 1.54) is 0 Å². The Morgan fingerprint density at radius 1 is 1.55 bits per heavy atom. The lowest BCUT2D eigenvalue weighted by atomic mass is 9.91. The van der Waals surface area contributed by atoms with Crippen LogP contribution in [0, 0.1) is 11.8 Å². The minimum atomic E-state index is 0.0127. The molecule has 0 aromatic carbocycles. The lowest BCUT2D eigenvalue weighted by Gasteiger charge is -2.16. The van der Waals surface area contributed by atoms with Crippen molar-refractivity contribution in [2.75, 3.05) is 40.8 Å². The minimum Gasteiger partial charge on any atom is -0.493 e. The predicted octanol–water partition coefficient (Wildman–Crippen LogP) is 0.492. The summed E-state index contributed by atoms with van der Waals surface area (Å²) in [6, 6.07) is 0. The minimum absolute atomic E-state index is 0.0127. The fourth-order valence-electron chi connectivity index (χ4n) is 2.57. The van der Waals surface area contributed by atoms with E-state index in [-0.39, 0.29) is 11.7 Å². The third kappa shape index (κ3) is 3.02. The molecule has 1 aliphatic rings. The monoisotopic (exact) mass is 280 g/mol. The van der Waals surface area contributed by atoms with E-state index >= 15 is 0 Å². The number of rotatable bonds is 6. The van der Waals surface area contributed by atoms with E-state index in [4.69, 9.17) is 4.74 Å². The SMILES string of the molecule is COc1cnn(CCN(C)C)c1C(=O)C1CNCC1C. The summed E-state index contributed by atoms with van der Waals surface area (Å²) in [5, 5.41) is 7.57. The number of carbonyl (C=O) groups is 1. The molecular formula is C14H24N4O2. The molecular weight excluding hydrogens is 256 g/mol. The summed E-state index contributed by atoms with van der Waals surface area (Å²) in [7, 11) is 5.59. The predicted molar refractivity (Wildman–Crippen MR) is 77.2 cm³/mol. The number of hydrogen-bond donors (Lipinski definition) is 1. The summed E-state index contributed by atoms with van der Waals surface area (Å²) >= 11 is 0. The van der Waals surface area contributed by atoms with Crippen LogP contribution in [0.5, 0.6) is 5.75 Å². The largest absolute Gasteiger partial charge is 0.493 e. The Morgan fingerprint density at radius 3 is 2.85 bits per heavy atom. The maximum atomic E-state index is 12.8. The molecule has 2 unspecified atom stereocenters. The molecule has 20 heavy (non-hydrogen) atoms. The summed E-state index contributed by atoms with van der Waals surface area (Å²) in [5.74, 6) is 1.08. The van der Waals surface area contributed by atoms with Gasteiger partial charge < -0.3 is 15.0 Å². The lowest BCUT2D eigenvalue weighted by Crippen LogP contribution is -2.27. The molecule has 1 saturated heterocycles. The van der Waals surface area contributed by atoms with Gasteiger partial charge in [-0.1, -0.05) is 6.92 Å². The highest BCUT2D eigenvalue weighted by molar-refractivity contribution is 5.99. The number of ether oxygens (including phenoxy) is 1. The van der Waals surface area contributed by atoms with Crippen LogP contribution in [0.1, 0.15) is 17.4 Å². The van der Waals surface area contributed by atoms with Gasteiger partial charge >= 0.3 is 0 Å². The van der Waals surface area contributed by atoms with Crippen molar-refractivity contribution in [1.82, 2.24) is 20.0 Å². The van der Waals surface area contributed by atoms with Gasteiger partial charge in [-0.05, 0) is 26.6 Å². The molecule has 0 radical (unpaired) electrons. The first-order valence-corrected chi connectivity index (χ1v) is 7.04. The maximum absolute atomic E-state index is 12.8. The van der Waals surface area contributed by atoms with Crippen LogP contribution in [0.3, 0.4) is 0 Å². The van der Waals surface area contributed by atoms with E-state index < -0.39 is 0 Å². The molecule has 0 bridgehead atoms. The highest BCUT2D eigenvalue weighted by Gasteiger charge is 2.34. The molecule has 1 N–H and O–H groups in total. The van der Waals surface area contributed by atoms with E-state index in [1.54, 1.807) is 18.0 Å². The van der Waals surface area contributed by atoms with Crippen LogP contribution < -0.4 is 10.1 Å². The first-order chi connectivity index (χ1) is 9.54. The van der Waals surface area contributed by atoms with Gasteiger partial charge in [-0.3, -0.25) is 9.48 Å². The molecule has 2 rings (SSSR count). The molecule has 6 nitrogen and oxygen atoms in total. The number of aromatic nitrogens is 2. The third-order valence-corrected chi connectivity index (χ3v) is 3.87. The average molecular weight is 280 g/mol. The molecule has 0 spiro atoms. The van der Waals surface area contributed by atoms with E-state index in [1.807, 2.05) is 14.1 Å². The van der Waals surface area contributed by atoms with Crippen molar-refractivity contribution in [2.24, 2.45) is 11.8 Å². The van der Waals surface area contributed by atoms with Crippen molar-refractivity contribution in [3.8, 4) is 5.75 Å². The van der Waals surface area contributed by atoms with Gasteiger partial charge in [-0.25, -0.2) is 0 Å². The maximum Gasteiger partial charge on any atom is 0.189 e. The quantitative estimate of drug-likeness (QED) is 0.769. The molecule has 0 amide bonds. The molecule has 1 fully saturated rings. The van der Waals surface area contributed by atoms with Crippen molar-refractivity contribution in [3.63, 3.8) is 0 Å². The summed E-state index contributed by atoms with van der Waals surface area (Å²) < 4.78 is 7.08. The zero-order valence-electron chi connectivity index (χ0n) is 12.7. The highest BCUT2D eigenvalue weighted by atomic mass is 16.5. The Labute approximate surface area is 120 Å². The number of nitrogens with one attached hydrogen (secondary N) is 1. The molecule has 0 aliphatic carbocycles. The van der Waals surface area contributed by atoms with Crippen LogP contribution in [-0.4, -0.2) is 61.3 Å². The van der Waals surface area contributed by atoms with Gasteiger partial charge in [0.2, 0.25) is 0 Å². The molecule has 1 aromatic rings. The van der Waals surface area contributed by atoms with Crippen LogP contribution in [-0.2, 0) is 6.54 Å². The normalized spacial score (nSPS) is 22.4. The smallest absolute Gasteiger partial charge is 0.189 e. The second-order valence-corrected chi connectivity index (χ2v) is 5.69. The van der Waals surface area contributed by atoms with E-state index in [2.05, 4.69) is 22.2 Å². The van der Waals surface area contributed by atoms with E-state index in [0.29, 0.717) is 23.9 Å². The Kier molecular flexibility index (Phi) is 4.77. The van der Waals surface area contributed by atoms with Gasteiger partial charge in [0.05, 0.1) is 19.9 Å². The van der Waals surface area contributed by atoms with E-state index in [9.17, 15) is 4.79 Å². The van der Waals surface area contributed by atoms with Crippen molar-refractivity contribution >= 4 is 5.78 Å². The van der Waals surface area contributed by atoms with Crippen LogP contribution in [0.25, 0.3) is 0 Å². The van der Waals surface area contributed by atoms with Gasteiger partial charge in [0.25, 0.3) is 0 Å². The lowest BCUT2D eigenvalue weighted by molar-refractivity contribution is 0.0892. The standard InChI is InChI=1S/C14H24N4O2/c1-10-7-15-8-11(10)14(19)13-12(20-4)9-16-18(13)6-5-17(2)3/h9-11,15H,5-8H2,1-4H3. The Hall–Kier alpha value is -1.40. The Balaban J connectivity index is 2.23. The summed E-state index contributed by atoms with van der Waals surface area (Å²) in [6.07, 6.45) is 1.63. The molecule has 0 saturated carbocycles. The Morgan fingerprint density at radius 2 is 2.30 bits per heavy atom. The van der Waals surface area contributed by atoms with Gasteiger partial charge in [-0.2, -0.15) is 5.10 Å². The highest BCUT2D eigenvalue weighted by Crippen LogP contribution is 2.26. The summed E-state index contributed by atoms with van der Waals surface area (Å²) in [4.78, 5) is 14.8. The first-order valence-electron chi connectivity index (χ1n) is 7.04. The Bertz CT molecular complexity index is 470. The number of carbonyl (C=O) groups excluding carboxylic acids is 1.